The first-order chi connectivity index (χ1) is 9.25. The van der Waals surface area contributed by atoms with Gasteiger partial charge in [-0.15, -0.1) is 0 Å². The number of nitrogens with one attached hydrogen (secondary N) is 1. The average molecular weight is 252 g/mol. The Bertz CT molecular complexity index is 621. The molecule has 4 heteroatoms. The maximum absolute atomic E-state index is 7.49. The number of hydrogen-bond donors (Lipinski definition) is 2. The number of anilines is 2. The molecule has 0 saturated carbocycles. The minimum atomic E-state index is 0.00662. The van der Waals surface area contributed by atoms with Gasteiger partial charge in [-0.1, -0.05) is 24.3 Å². The molecule has 3 N–H and O–H groups in total. The lowest BCUT2D eigenvalue weighted by atomic mass is 10.0. The lowest BCUT2D eigenvalue weighted by Crippen LogP contribution is -2.26. The summed E-state index contributed by atoms with van der Waals surface area (Å²) in [5.41, 5.74) is 8.60. The van der Waals surface area contributed by atoms with E-state index in [1.807, 2.05) is 18.2 Å². The Balaban J connectivity index is 2.04. The van der Waals surface area contributed by atoms with Gasteiger partial charge in [-0.05, 0) is 36.6 Å². The van der Waals surface area contributed by atoms with Gasteiger partial charge in [-0.25, -0.2) is 4.98 Å². The van der Waals surface area contributed by atoms with Crippen LogP contribution in [0.15, 0.2) is 42.5 Å². The number of benzene rings is 1. The molecule has 0 saturated heterocycles. The van der Waals surface area contributed by atoms with Crippen molar-refractivity contribution in [1.82, 2.24) is 4.98 Å². The molecule has 0 radical (unpaired) electrons. The molecule has 0 aliphatic carbocycles. The lowest BCUT2D eigenvalue weighted by Gasteiger charge is -2.30. The standard InChI is InChI=1S/C15H16N4/c16-15(17)12-7-3-9-14(18-12)19-10-4-6-11-5-1-2-8-13(11)19/h1-3,5,7-9H,4,6,10H2,(H3,16,17). The first-order valence-corrected chi connectivity index (χ1v) is 6.42. The molecule has 2 aromatic rings. The third-order valence-electron chi connectivity index (χ3n) is 3.40. The van der Waals surface area contributed by atoms with E-state index >= 15 is 0 Å². The number of aromatic nitrogens is 1. The van der Waals surface area contributed by atoms with Crippen molar-refractivity contribution < 1.29 is 0 Å². The number of nitrogens with zero attached hydrogens (tertiary/aromatic N) is 2. The molecular weight excluding hydrogens is 236 g/mol. The highest BCUT2D eigenvalue weighted by Crippen LogP contribution is 2.32. The van der Waals surface area contributed by atoms with E-state index in [2.05, 4.69) is 28.1 Å². The highest BCUT2D eigenvalue weighted by molar-refractivity contribution is 5.93. The average Bonchev–Trinajstić information content (AvgIpc) is 2.47. The zero-order valence-corrected chi connectivity index (χ0v) is 10.6. The van der Waals surface area contributed by atoms with E-state index in [1.54, 1.807) is 6.07 Å². The molecule has 2 heterocycles. The number of rotatable bonds is 2. The van der Waals surface area contributed by atoms with Crippen molar-refractivity contribution >= 4 is 17.3 Å². The zero-order chi connectivity index (χ0) is 13.2. The van der Waals surface area contributed by atoms with Crippen LogP contribution in [0.2, 0.25) is 0 Å². The van der Waals surface area contributed by atoms with Crippen LogP contribution in [-0.4, -0.2) is 17.4 Å². The Morgan fingerprint density at radius 1 is 1.16 bits per heavy atom. The van der Waals surface area contributed by atoms with Crippen LogP contribution in [0.4, 0.5) is 11.5 Å². The summed E-state index contributed by atoms with van der Waals surface area (Å²) in [4.78, 5) is 6.67. The molecule has 0 unspecified atom stereocenters. The van der Waals surface area contributed by atoms with Gasteiger partial charge in [-0.2, -0.15) is 0 Å². The summed E-state index contributed by atoms with van der Waals surface area (Å²) in [7, 11) is 0. The van der Waals surface area contributed by atoms with E-state index in [4.69, 9.17) is 11.1 Å². The summed E-state index contributed by atoms with van der Waals surface area (Å²) >= 11 is 0. The van der Waals surface area contributed by atoms with Crippen LogP contribution in [0.25, 0.3) is 0 Å². The molecule has 1 aromatic carbocycles. The quantitative estimate of drug-likeness (QED) is 0.637. The third-order valence-corrected chi connectivity index (χ3v) is 3.40. The highest BCUT2D eigenvalue weighted by atomic mass is 15.2. The molecule has 96 valence electrons. The monoisotopic (exact) mass is 252 g/mol. The first-order valence-electron chi connectivity index (χ1n) is 6.42. The zero-order valence-electron chi connectivity index (χ0n) is 10.6. The van der Waals surface area contributed by atoms with Crippen molar-refractivity contribution in [2.75, 3.05) is 11.4 Å². The number of para-hydroxylation sites is 1. The normalized spacial score (nSPS) is 14.0. The Kier molecular flexibility index (Phi) is 2.91. The van der Waals surface area contributed by atoms with Crippen molar-refractivity contribution in [1.29, 1.82) is 5.41 Å². The summed E-state index contributed by atoms with van der Waals surface area (Å²) in [6, 6.07) is 14.0. The fourth-order valence-electron chi connectivity index (χ4n) is 2.50. The predicted molar refractivity (Wildman–Crippen MR) is 77.0 cm³/mol. The smallest absolute Gasteiger partial charge is 0.141 e. The number of hydrogen-bond acceptors (Lipinski definition) is 3. The molecule has 19 heavy (non-hydrogen) atoms. The van der Waals surface area contributed by atoms with E-state index in [0.717, 1.165) is 25.2 Å². The molecule has 1 aliphatic rings. The van der Waals surface area contributed by atoms with Gasteiger partial charge in [0.15, 0.2) is 0 Å². The summed E-state index contributed by atoms with van der Waals surface area (Å²) < 4.78 is 0. The van der Waals surface area contributed by atoms with Crippen LogP contribution in [0.3, 0.4) is 0 Å². The summed E-state index contributed by atoms with van der Waals surface area (Å²) in [5, 5.41) is 7.49. The van der Waals surface area contributed by atoms with Crippen molar-refractivity contribution in [3.05, 3.63) is 53.7 Å². The van der Waals surface area contributed by atoms with Crippen molar-refractivity contribution in [3.8, 4) is 0 Å². The topological polar surface area (TPSA) is 66.0 Å². The number of aryl methyl sites for hydroxylation is 1. The summed E-state index contributed by atoms with van der Waals surface area (Å²) in [6.45, 7) is 0.950. The molecule has 3 rings (SSSR count). The highest BCUT2D eigenvalue weighted by Gasteiger charge is 2.18. The molecule has 0 spiro atoms. The number of nitrogen functional groups attached to an aromatic ring is 1. The fraction of sp³-hybridized carbons (Fsp3) is 0.200. The molecule has 1 aromatic heterocycles. The molecule has 4 nitrogen and oxygen atoms in total. The maximum atomic E-state index is 7.49. The van der Waals surface area contributed by atoms with Gasteiger partial charge in [0, 0.05) is 12.2 Å². The molecule has 1 aliphatic heterocycles. The Hall–Kier alpha value is -2.36. The second-order valence-corrected chi connectivity index (χ2v) is 4.68. The molecule has 0 atom stereocenters. The van der Waals surface area contributed by atoms with Crippen molar-refractivity contribution in [3.63, 3.8) is 0 Å². The third kappa shape index (κ3) is 2.17. The van der Waals surface area contributed by atoms with E-state index in [1.165, 1.54) is 11.3 Å². The molecule has 0 fully saturated rings. The SMILES string of the molecule is N=C(N)c1cccc(N2CCCc3ccccc32)n1. The van der Waals surface area contributed by atoms with E-state index in [9.17, 15) is 0 Å². The van der Waals surface area contributed by atoms with Gasteiger partial charge in [0.1, 0.15) is 17.3 Å². The van der Waals surface area contributed by atoms with Gasteiger partial charge in [0.25, 0.3) is 0 Å². The van der Waals surface area contributed by atoms with Crippen molar-refractivity contribution in [2.45, 2.75) is 12.8 Å². The minimum Gasteiger partial charge on any atom is -0.382 e. The van der Waals surface area contributed by atoms with Crippen LogP contribution in [0.1, 0.15) is 17.7 Å². The van der Waals surface area contributed by atoms with Crippen LogP contribution < -0.4 is 10.6 Å². The Morgan fingerprint density at radius 2 is 2.00 bits per heavy atom. The van der Waals surface area contributed by atoms with Gasteiger partial charge in [0.2, 0.25) is 0 Å². The van der Waals surface area contributed by atoms with Gasteiger partial charge in [0.05, 0.1) is 0 Å². The summed E-state index contributed by atoms with van der Waals surface area (Å²) in [6.07, 6.45) is 2.22. The second kappa shape index (κ2) is 4.72. The van der Waals surface area contributed by atoms with E-state index in [-0.39, 0.29) is 5.84 Å². The van der Waals surface area contributed by atoms with Gasteiger partial charge >= 0.3 is 0 Å². The van der Waals surface area contributed by atoms with Crippen molar-refractivity contribution in [2.24, 2.45) is 5.73 Å². The van der Waals surface area contributed by atoms with Crippen LogP contribution in [-0.2, 0) is 6.42 Å². The Labute approximate surface area is 112 Å². The van der Waals surface area contributed by atoms with Crippen LogP contribution >= 0.6 is 0 Å². The number of amidine groups is 1. The number of nitrogens with two attached hydrogens (primary N) is 1. The predicted octanol–water partition coefficient (Wildman–Crippen LogP) is 2.45. The van der Waals surface area contributed by atoms with Crippen LogP contribution in [0, 0.1) is 5.41 Å². The minimum absolute atomic E-state index is 0.00662. The van der Waals surface area contributed by atoms with Crippen LogP contribution in [0.5, 0.6) is 0 Å². The van der Waals surface area contributed by atoms with E-state index in [0.29, 0.717) is 5.69 Å². The number of pyridine rings is 1. The fourth-order valence-corrected chi connectivity index (χ4v) is 2.50. The van der Waals surface area contributed by atoms with Gasteiger partial charge in [-0.3, -0.25) is 5.41 Å². The molecular formula is C15H16N4. The lowest BCUT2D eigenvalue weighted by molar-refractivity contribution is 0.759. The summed E-state index contributed by atoms with van der Waals surface area (Å²) in [5.74, 6) is 0.868. The molecule has 0 bridgehead atoms. The van der Waals surface area contributed by atoms with Gasteiger partial charge < -0.3 is 10.6 Å². The largest absolute Gasteiger partial charge is 0.382 e. The second-order valence-electron chi connectivity index (χ2n) is 4.68. The number of fused-ring (bicyclic) bond motifs is 1. The maximum Gasteiger partial charge on any atom is 0.141 e. The first kappa shape index (κ1) is 11.7. The van der Waals surface area contributed by atoms with E-state index < -0.39 is 0 Å². The Morgan fingerprint density at radius 3 is 2.84 bits per heavy atom. The molecule has 0 amide bonds.